The van der Waals surface area contributed by atoms with E-state index in [2.05, 4.69) is 4.99 Å². The van der Waals surface area contributed by atoms with E-state index in [-0.39, 0.29) is 22.2 Å². The fraction of sp³-hybridized carbons (Fsp3) is 0.0952. The Balaban J connectivity index is 1.86. The van der Waals surface area contributed by atoms with Crippen molar-refractivity contribution in [2.75, 3.05) is 11.9 Å². The van der Waals surface area contributed by atoms with Crippen LogP contribution in [0.25, 0.3) is 0 Å². The molecule has 0 bridgehead atoms. The number of Topliss-reactive ketones (excluding diaryl/α,β-unsaturated/α-hetero) is 2. The molecule has 0 unspecified atom stereocenters. The Morgan fingerprint density at radius 1 is 0.964 bits per heavy atom. The first-order valence-corrected chi connectivity index (χ1v) is 9.51. The van der Waals surface area contributed by atoms with Gasteiger partial charge in [-0.25, -0.2) is 4.99 Å². The van der Waals surface area contributed by atoms with E-state index in [0.717, 1.165) is 5.69 Å². The second kappa shape index (κ2) is 6.89. The minimum absolute atomic E-state index is 0.0997. The molecule has 0 fully saturated rings. The molecule has 0 atom stereocenters. The normalized spacial score (nSPS) is 17.7. The van der Waals surface area contributed by atoms with Crippen LogP contribution in [0.1, 0.15) is 27.6 Å². The molecule has 1 heterocycles. The number of rotatable bonds is 1. The molecule has 0 aromatic heterocycles. The maximum absolute atomic E-state index is 13.0. The maximum Gasteiger partial charge on any atom is 0.205 e. The molecule has 0 N–H and O–H groups in total. The van der Waals surface area contributed by atoms with Crippen molar-refractivity contribution >= 4 is 63.5 Å². The number of allylic oxidation sites excluding steroid dienone is 4. The molecule has 7 heteroatoms. The summed E-state index contributed by atoms with van der Waals surface area (Å²) in [6.45, 7) is 1.81. The molecule has 0 radical (unpaired) electrons. The van der Waals surface area contributed by atoms with Gasteiger partial charge in [-0.05, 0) is 25.1 Å². The lowest BCUT2D eigenvalue weighted by Crippen LogP contribution is -2.26. The van der Waals surface area contributed by atoms with Gasteiger partial charge < -0.3 is 4.90 Å². The van der Waals surface area contributed by atoms with Crippen LogP contribution in [0.15, 0.2) is 63.8 Å². The number of fused-ring (bicyclic) bond motifs is 2. The fourth-order valence-electron chi connectivity index (χ4n) is 3.33. The van der Waals surface area contributed by atoms with E-state index < -0.39 is 0 Å². The second-order valence-electron chi connectivity index (χ2n) is 6.47. The highest BCUT2D eigenvalue weighted by Gasteiger charge is 2.31. The molecule has 0 saturated heterocycles. The van der Waals surface area contributed by atoms with Gasteiger partial charge in [-0.1, -0.05) is 59.1 Å². The lowest BCUT2D eigenvalue weighted by molar-refractivity contribution is 0.0983. The van der Waals surface area contributed by atoms with Crippen LogP contribution >= 0.6 is 34.8 Å². The van der Waals surface area contributed by atoms with Gasteiger partial charge in [-0.2, -0.15) is 0 Å². The predicted molar refractivity (Wildman–Crippen MR) is 114 cm³/mol. The minimum Gasteiger partial charge on any atom is -0.341 e. The summed E-state index contributed by atoms with van der Waals surface area (Å²) in [5.41, 5.74) is 3.50. The summed E-state index contributed by atoms with van der Waals surface area (Å²) in [5.74, 6) is -0.666. The number of ketones is 2. The quantitative estimate of drug-likeness (QED) is 0.557. The monoisotopic (exact) mass is 430 g/mol. The molecule has 1 aliphatic carbocycles. The topological polar surface area (TPSA) is 49.7 Å². The van der Waals surface area contributed by atoms with Crippen LogP contribution in [0.3, 0.4) is 0 Å². The number of carbonyl (C=O) groups is 2. The molecule has 2 aromatic carbocycles. The number of benzene rings is 2. The Morgan fingerprint density at radius 2 is 1.57 bits per heavy atom. The highest BCUT2D eigenvalue weighted by atomic mass is 35.5. The third-order valence-corrected chi connectivity index (χ3v) is 5.87. The number of hydrogen-bond donors (Lipinski definition) is 0. The van der Waals surface area contributed by atoms with Gasteiger partial charge in [0.1, 0.15) is 0 Å². The molecule has 28 heavy (non-hydrogen) atoms. The van der Waals surface area contributed by atoms with E-state index in [1.807, 2.05) is 18.9 Å². The van der Waals surface area contributed by atoms with Crippen molar-refractivity contribution in [3.63, 3.8) is 0 Å². The summed E-state index contributed by atoms with van der Waals surface area (Å²) in [7, 11) is 1.82. The van der Waals surface area contributed by atoms with E-state index in [1.54, 1.807) is 42.5 Å². The molecule has 0 saturated carbocycles. The summed E-state index contributed by atoms with van der Waals surface area (Å²) in [6.07, 6.45) is 1.60. The van der Waals surface area contributed by atoms with Gasteiger partial charge in [-0.3, -0.25) is 9.59 Å². The van der Waals surface area contributed by atoms with E-state index in [1.165, 1.54) is 0 Å². The standard InChI is InChI=1S/C21H13Cl3N2O2/c1-10-17(26(2)18-9-15(23)14(22)8-16(18)25-10)7-13-19(24)21(28)12-6-4-3-5-11(12)20(13)27/h3-9H,1-2H3/b17-7+. The average Bonchev–Trinajstić information content (AvgIpc) is 2.67. The van der Waals surface area contributed by atoms with E-state index in [0.29, 0.717) is 38.3 Å². The Morgan fingerprint density at radius 3 is 2.25 bits per heavy atom. The first kappa shape index (κ1) is 18.9. The predicted octanol–water partition coefficient (Wildman–Crippen LogP) is 5.99. The number of nitrogens with zero attached hydrogens (tertiary/aromatic N) is 2. The molecule has 0 amide bonds. The van der Waals surface area contributed by atoms with Crippen molar-refractivity contribution in [2.24, 2.45) is 4.99 Å². The highest BCUT2D eigenvalue weighted by Crippen LogP contribution is 2.41. The summed E-state index contributed by atoms with van der Waals surface area (Å²) in [6, 6.07) is 10.0. The third kappa shape index (κ3) is 2.89. The molecule has 4 nitrogen and oxygen atoms in total. The van der Waals surface area contributed by atoms with Crippen molar-refractivity contribution in [1.29, 1.82) is 0 Å². The average molecular weight is 432 g/mol. The Hall–Kier alpha value is -2.40. The van der Waals surface area contributed by atoms with Crippen molar-refractivity contribution < 1.29 is 9.59 Å². The summed E-state index contributed by atoms with van der Waals surface area (Å²) in [4.78, 5) is 32.0. The molecular weight excluding hydrogens is 419 g/mol. The SMILES string of the molecule is CC1=Nc2cc(Cl)c(Cl)cc2N(C)/C1=C/C1=C(Cl)C(=O)c2ccccc2C1=O. The van der Waals surface area contributed by atoms with Crippen molar-refractivity contribution in [3.8, 4) is 0 Å². The minimum atomic E-state index is -0.369. The van der Waals surface area contributed by atoms with Crippen LogP contribution in [0.2, 0.25) is 10.0 Å². The van der Waals surface area contributed by atoms with Crippen LogP contribution in [-0.4, -0.2) is 24.3 Å². The lowest BCUT2D eigenvalue weighted by atomic mass is 9.88. The zero-order valence-electron chi connectivity index (χ0n) is 14.9. The summed E-state index contributed by atoms with van der Waals surface area (Å²) in [5, 5.41) is 0.710. The van der Waals surface area contributed by atoms with Crippen molar-refractivity contribution in [3.05, 3.63) is 79.9 Å². The number of aliphatic imine (C=N–C) groups is 1. The summed E-state index contributed by atoms with van der Waals surface area (Å²) >= 11 is 18.5. The van der Waals surface area contributed by atoms with Gasteiger partial charge in [0.15, 0.2) is 5.78 Å². The zero-order chi connectivity index (χ0) is 20.2. The molecular formula is C21H13Cl3N2O2. The molecule has 2 aromatic rings. The van der Waals surface area contributed by atoms with Crippen LogP contribution in [0.5, 0.6) is 0 Å². The largest absolute Gasteiger partial charge is 0.341 e. The molecule has 4 rings (SSSR count). The van der Waals surface area contributed by atoms with Crippen molar-refractivity contribution in [2.45, 2.75) is 6.92 Å². The Labute approximate surface area is 176 Å². The fourth-order valence-corrected chi connectivity index (χ4v) is 3.88. The Kier molecular flexibility index (Phi) is 4.66. The van der Waals surface area contributed by atoms with Gasteiger partial charge in [0, 0.05) is 23.7 Å². The van der Waals surface area contributed by atoms with Gasteiger partial charge in [0.25, 0.3) is 0 Å². The van der Waals surface area contributed by atoms with Crippen molar-refractivity contribution in [1.82, 2.24) is 0 Å². The van der Waals surface area contributed by atoms with Gasteiger partial charge >= 0.3 is 0 Å². The number of anilines is 1. The van der Waals surface area contributed by atoms with Crippen LogP contribution < -0.4 is 4.90 Å². The van der Waals surface area contributed by atoms with Gasteiger partial charge in [-0.15, -0.1) is 0 Å². The first-order valence-electron chi connectivity index (χ1n) is 8.38. The summed E-state index contributed by atoms with van der Waals surface area (Å²) < 4.78 is 0. The Bertz CT molecular complexity index is 1160. The molecule has 140 valence electrons. The van der Waals surface area contributed by atoms with Gasteiger partial charge in [0.05, 0.1) is 37.9 Å². The third-order valence-electron chi connectivity index (χ3n) is 4.78. The first-order chi connectivity index (χ1) is 13.3. The number of carbonyl (C=O) groups excluding carboxylic acids is 2. The zero-order valence-corrected chi connectivity index (χ0v) is 17.2. The molecule has 2 aliphatic rings. The van der Waals surface area contributed by atoms with E-state index in [9.17, 15) is 9.59 Å². The lowest BCUT2D eigenvalue weighted by Gasteiger charge is -2.29. The smallest absolute Gasteiger partial charge is 0.205 e. The second-order valence-corrected chi connectivity index (χ2v) is 7.66. The van der Waals surface area contributed by atoms with E-state index in [4.69, 9.17) is 34.8 Å². The number of halogens is 3. The molecule has 1 aliphatic heterocycles. The van der Waals surface area contributed by atoms with Gasteiger partial charge in [0.2, 0.25) is 5.78 Å². The van der Waals surface area contributed by atoms with E-state index >= 15 is 0 Å². The van der Waals surface area contributed by atoms with Crippen LogP contribution in [-0.2, 0) is 0 Å². The number of hydrogen-bond acceptors (Lipinski definition) is 4. The maximum atomic E-state index is 13.0. The molecule has 0 spiro atoms. The van der Waals surface area contributed by atoms with Crippen LogP contribution in [0, 0.1) is 0 Å². The highest BCUT2D eigenvalue weighted by molar-refractivity contribution is 6.50. The van der Waals surface area contributed by atoms with Crippen LogP contribution in [0.4, 0.5) is 11.4 Å².